The average molecular weight is 333 g/mol. The van der Waals surface area contributed by atoms with E-state index in [0.29, 0.717) is 30.3 Å². The standard InChI is InChI=1S/C16H19N3O5/c20-13(17-9-3-8-14(21)22)7-4-10-19-15(23)11-5-1-2-6-12(11)18-16(19)24/h1-2,5-6H,3-4,7-10H2,(H,17,20)(H,18,24)(H,21,22). The highest BCUT2D eigenvalue weighted by molar-refractivity contribution is 5.77. The molecular weight excluding hydrogens is 314 g/mol. The molecule has 1 amide bonds. The van der Waals surface area contributed by atoms with E-state index in [0.717, 1.165) is 4.57 Å². The molecule has 0 atom stereocenters. The maximum Gasteiger partial charge on any atom is 0.328 e. The molecule has 0 aliphatic heterocycles. The lowest BCUT2D eigenvalue weighted by Crippen LogP contribution is -2.35. The number of hydrogen-bond acceptors (Lipinski definition) is 4. The first-order valence-electron chi connectivity index (χ1n) is 7.69. The van der Waals surface area contributed by atoms with Crippen molar-refractivity contribution in [3.8, 4) is 0 Å². The Balaban J connectivity index is 1.90. The zero-order valence-electron chi connectivity index (χ0n) is 13.1. The van der Waals surface area contributed by atoms with Crippen LogP contribution in [0.2, 0.25) is 0 Å². The molecule has 0 saturated carbocycles. The van der Waals surface area contributed by atoms with Crippen molar-refractivity contribution in [2.45, 2.75) is 32.2 Å². The van der Waals surface area contributed by atoms with E-state index >= 15 is 0 Å². The molecule has 1 heterocycles. The fourth-order valence-corrected chi connectivity index (χ4v) is 2.36. The second-order valence-electron chi connectivity index (χ2n) is 5.38. The van der Waals surface area contributed by atoms with Gasteiger partial charge in [-0.25, -0.2) is 4.79 Å². The van der Waals surface area contributed by atoms with Crippen molar-refractivity contribution in [3.05, 3.63) is 45.1 Å². The van der Waals surface area contributed by atoms with Gasteiger partial charge in [-0.1, -0.05) is 12.1 Å². The third-order valence-electron chi connectivity index (χ3n) is 3.56. The van der Waals surface area contributed by atoms with Gasteiger partial charge in [-0.3, -0.25) is 19.0 Å². The third kappa shape index (κ3) is 4.55. The number of carbonyl (C=O) groups is 2. The van der Waals surface area contributed by atoms with E-state index in [1.165, 1.54) is 0 Å². The van der Waals surface area contributed by atoms with Crippen molar-refractivity contribution >= 4 is 22.8 Å². The Bertz CT molecular complexity index is 853. The van der Waals surface area contributed by atoms with Crippen molar-refractivity contribution in [1.82, 2.24) is 14.9 Å². The van der Waals surface area contributed by atoms with E-state index in [1.54, 1.807) is 24.3 Å². The molecule has 1 aromatic heterocycles. The number of nitrogens with one attached hydrogen (secondary N) is 2. The van der Waals surface area contributed by atoms with Crippen molar-refractivity contribution in [2.24, 2.45) is 0 Å². The number of para-hydroxylation sites is 1. The molecule has 3 N–H and O–H groups in total. The summed E-state index contributed by atoms with van der Waals surface area (Å²) in [5.74, 6) is -1.13. The molecule has 1 aromatic carbocycles. The number of aromatic amines is 1. The van der Waals surface area contributed by atoms with Gasteiger partial charge in [0.15, 0.2) is 0 Å². The molecule has 0 bridgehead atoms. The van der Waals surface area contributed by atoms with Gasteiger partial charge in [-0.2, -0.15) is 0 Å². The SMILES string of the molecule is O=C(O)CCCNC(=O)CCCn1c(=O)[nH]c2ccccc2c1=O. The van der Waals surface area contributed by atoms with Crippen LogP contribution in [-0.4, -0.2) is 33.1 Å². The minimum Gasteiger partial charge on any atom is -0.481 e. The van der Waals surface area contributed by atoms with Crippen LogP contribution in [0.1, 0.15) is 25.7 Å². The Labute approximate surface area is 137 Å². The predicted molar refractivity (Wildman–Crippen MR) is 87.9 cm³/mol. The van der Waals surface area contributed by atoms with Crippen LogP contribution in [0.3, 0.4) is 0 Å². The normalized spacial score (nSPS) is 10.7. The highest BCUT2D eigenvalue weighted by atomic mass is 16.4. The first kappa shape index (κ1) is 17.5. The van der Waals surface area contributed by atoms with Gasteiger partial charge in [-0.15, -0.1) is 0 Å². The number of rotatable bonds is 8. The summed E-state index contributed by atoms with van der Waals surface area (Å²) < 4.78 is 1.08. The maximum atomic E-state index is 12.3. The molecule has 0 aliphatic carbocycles. The lowest BCUT2D eigenvalue weighted by Gasteiger charge is -2.07. The number of aliphatic carboxylic acids is 1. The largest absolute Gasteiger partial charge is 0.481 e. The zero-order valence-corrected chi connectivity index (χ0v) is 13.1. The minimum atomic E-state index is -0.904. The van der Waals surface area contributed by atoms with E-state index in [-0.39, 0.29) is 30.9 Å². The van der Waals surface area contributed by atoms with Gasteiger partial charge in [0.25, 0.3) is 5.56 Å². The number of aromatic nitrogens is 2. The molecule has 0 unspecified atom stereocenters. The number of carboxylic acid groups (broad SMARTS) is 1. The van der Waals surface area contributed by atoms with Crippen molar-refractivity contribution in [3.63, 3.8) is 0 Å². The van der Waals surface area contributed by atoms with Crippen molar-refractivity contribution in [2.75, 3.05) is 6.54 Å². The van der Waals surface area contributed by atoms with Crippen LogP contribution in [0.5, 0.6) is 0 Å². The average Bonchev–Trinajstić information content (AvgIpc) is 2.54. The number of fused-ring (bicyclic) bond motifs is 1. The van der Waals surface area contributed by atoms with Crippen LogP contribution >= 0.6 is 0 Å². The van der Waals surface area contributed by atoms with Gasteiger partial charge in [-0.05, 0) is 25.0 Å². The van der Waals surface area contributed by atoms with Crippen molar-refractivity contribution in [1.29, 1.82) is 0 Å². The Morgan fingerprint density at radius 3 is 2.62 bits per heavy atom. The molecule has 2 rings (SSSR count). The summed E-state index contributed by atoms with van der Waals surface area (Å²) in [6, 6.07) is 6.75. The summed E-state index contributed by atoms with van der Waals surface area (Å²) in [5.41, 5.74) is -0.392. The van der Waals surface area contributed by atoms with E-state index in [9.17, 15) is 19.2 Å². The molecular formula is C16H19N3O5. The fourth-order valence-electron chi connectivity index (χ4n) is 2.36. The second-order valence-corrected chi connectivity index (χ2v) is 5.38. The summed E-state index contributed by atoms with van der Waals surface area (Å²) in [6.07, 6.45) is 0.866. The monoisotopic (exact) mass is 333 g/mol. The van der Waals surface area contributed by atoms with Gasteiger partial charge in [0.1, 0.15) is 0 Å². The third-order valence-corrected chi connectivity index (χ3v) is 3.56. The predicted octanol–water partition coefficient (Wildman–Crippen LogP) is 0.451. The number of amides is 1. The highest BCUT2D eigenvalue weighted by Gasteiger charge is 2.08. The first-order chi connectivity index (χ1) is 11.5. The van der Waals surface area contributed by atoms with Gasteiger partial charge in [0.2, 0.25) is 5.91 Å². The number of nitrogens with zero attached hydrogens (tertiary/aromatic N) is 1. The smallest absolute Gasteiger partial charge is 0.328 e. The van der Waals surface area contributed by atoms with Crippen LogP contribution in [0, 0.1) is 0 Å². The van der Waals surface area contributed by atoms with E-state index < -0.39 is 11.7 Å². The lowest BCUT2D eigenvalue weighted by atomic mass is 10.2. The lowest BCUT2D eigenvalue weighted by molar-refractivity contribution is -0.137. The second kappa shape index (κ2) is 8.09. The summed E-state index contributed by atoms with van der Waals surface area (Å²) in [5, 5.41) is 11.5. The van der Waals surface area contributed by atoms with Crippen LogP contribution < -0.4 is 16.6 Å². The molecule has 0 fully saturated rings. The quantitative estimate of drug-likeness (QED) is 0.606. The Morgan fingerprint density at radius 2 is 1.88 bits per heavy atom. The molecule has 0 radical (unpaired) electrons. The molecule has 0 aliphatic rings. The Kier molecular flexibility index (Phi) is 5.89. The number of carbonyl (C=O) groups excluding carboxylic acids is 1. The molecule has 0 spiro atoms. The van der Waals surface area contributed by atoms with Gasteiger partial charge in [0.05, 0.1) is 10.9 Å². The van der Waals surface area contributed by atoms with E-state index in [4.69, 9.17) is 5.11 Å². The van der Waals surface area contributed by atoms with Gasteiger partial charge >= 0.3 is 11.7 Å². The van der Waals surface area contributed by atoms with Gasteiger partial charge < -0.3 is 15.4 Å². The molecule has 8 nitrogen and oxygen atoms in total. The molecule has 128 valence electrons. The van der Waals surface area contributed by atoms with E-state index in [2.05, 4.69) is 10.3 Å². The molecule has 24 heavy (non-hydrogen) atoms. The van der Waals surface area contributed by atoms with Crippen LogP contribution in [0.15, 0.2) is 33.9 Å². The Morgan fingerprint density at radius 1 is 1.12 bits per heavy atom. The molecule has 0 saturated heterocycles. The number of carboxylic acids is 1. The minimum absolute atomic E-state index is 0.00212. The first-order valence-corrected chi connectivity index (χ1v) is 7.69. The number of benzene rings is 1. The summed E-state index contributed by atoms with van der Waals surface area (Å²) in [7, 11) is 0. The van der Waals surface area contributed by atoms with E-state index in [1.807, 2.05) is 0 Å². The van der Waals surface area contributed by atoms with Crippen molar-refractivity contribution < 1.29 is 14.7 Å². The van der Waals surface area contributed by atoms with Crippen LogP contribution in [-0.2, 0) is 16.1 Å². The molecule has 2 aromatic rings. The maximum absolute atomic E-state index is 12.3. The highest BCUT2D eigenvalue weighted by Crippen LogP contribution is 2.03. The Hall–Kier alpha value is -2.90. The zero-order chi connectivity index (χ0) is 17.5. The van der Waals surface area contributed by atoms with Gasteiger partial charge in [0, 0.05) is 25.9 Å². The number of hydrogen-bond donors (Lipinski definition) is 3. The fraction of sp³-hybridized carbons (Fsp3) is 0.375. The summed E-state index contributed by atoms with van der Waals surface area (Å²) in [4.78, 5) is 48.9. The topological polar surface area (TPSA) is 121 Å². The number of H-pyrrole nitrogens is 1. The molecule has 8 heteroatoms. The van der Waals surface area contributed by atoms with Crippen LogP contribution in [0.4, 0.5) is 0 Å². The summed E-state index contributed by atoms with van der Waals surface area (Å²) >= 11 is 0. The van der Waals surface area contributed by atoms with Crippen LogP contribution in [0.25, 0.3) is 10.9 Å². The summed E-state index contributed by atoms with van der Waals surface area (Å²) in [6.45, 7) is 0.434.